The van der Waals surface area contributed by atoms with Gasteiger partial charge in [-0.05, 0) is 19.9 Å². The zero-order chi connectivity index (χ0) is 9.90. The zero-order valence-corrected chi connectivity index (χ0v) is 7.96. The molecule has 1 aliphatic heterocycles. The molecule has 3 N–H and O–H groups in total. The first kappa shape index (κ1) is 10.3. The van der Waals surface area contributed by atoms with Gasteiger partial charge in [-0.2, -0.15) is 0 Å². The summed E-state index contributed by atoms with van der Waals surface area (Å²) in [6.07, 6.45) is -0.166. The highest BCUT2D eigenvalue weighted by Gasteiger charge is 2.39. The third-order valence-corrected chi connectivity index (χ3v) is 2.68. The molecule has 0 bridgehead atoms. The Morgan fingerprint density at radius 3 is 2.85 bits per heavy atom. The number of hydrogen-bond acceptors (Lipinski definition) is 3. The van der Waals surface area contributed by atoms with Crippen LogP contribution in [0.15, 0.2) is 0 Å². The van der Waals surface area contributed by atoms with Crippen molar-refractivity contribution in [1.29, 1.82) is 0 Å². The average molecular weight is 188 g/mol. The molecule has 1 aliphatic rings. The van der Waals surface area contributed by atoms with Crippen LogP contribution in [-0.4, -0.2) is 43.0 Å². The minimum Gasteiger partial charge on any atom is -0.465 e. The highest BCUT2D eigenvalue weighted by Crippen LogP contribution is 2.22. The van der Waals surface area contributed by atoms with E-state index in [0.717, 1.165) is 13.0 Å². The Morgan fingerprint density at radius 2 is 2.46 bits per heavy atom. The molecule has 76 valence electrons. The number of carboxylic acid groups (broad SMARTS) is 1. The van der Waals surface area contributed by atoms with E-state index in [1.807, 2.05) is 6.92 Å². The molecule has 2 atom stereocenters. The van der Waals surface area contributed by atoms with Crippen LogP contribution in [0.2, 0.25) is 0 Å². The van der Waals surface area contributed by atoms with Crippen LogP contribution in [0.4, 0.5) is 4.79 Å². The van der Waals surface area contributed by atoms with Gasteiger partial charge in [0, 0.05) is 13.7 Å². The first-order valence-corrected chi connectivity index (χ1v) is 4.36. The van der Waals surface area contributed by atoms with Gasteiger partial charge in [-0.1, -0.05) is 0 Å². The fraction of sp³-hybridized carbons (Fsp3) is 0.875. The van der Waals surface area contributed by atoms with Crippen molar-refractivity contribution in [3.05, 3.63) is 0 Å². The second-order valence-corrected chi connectivity index (χ2v) is 3.37. The van der Waals surface area contributed by atoms with Crippen LogP contribution in [0.5, 0.6) is 0 Å². The summed E-state index contributed by atoms with van der Waals surface area (Å²) in [4.78, 5) is 10.4. The lowest BCUT2D eigenvalue weighted by Crippen LogP contribution is -2.53. The Kier molecular flexibility index (Phi) is 3.11. The van der Waals surface area contributed by atoms with Gasteiger partial charge in [-0.25, -0.2) is 4.79 Å². The van der Waals surface area contributed by atoms with Crippen LogP contribution < -0.4 is 10.6 Å². The van der Waals surface area contributed by atoms with Crippen molar-refractivity contribution in [1.82, 2.24) is 10.6 Å². The van der Waals surface area contributed by atoms with Crippen molar-refractivity contribution in [2.24, 2.45) is 0 Å². The predicted molar refractivity (Wildman–Crippen MR) is 47.8 cm³/mol. The summed E-state index contributed by atoms with van der Waals surface area (Å²) in [6, 6.07) is -0.190. The molecule has 0 aliphatic carbocycles. The molecule has 0 aromatic heterocycles. The van der Waals surface area contributed by atoms with Gasteiger partial charge in [0.25, 0.3) is 0 Å². The number of amides is 1. The normalized spacial score (nSPS) is 30.0. The van der Waals surface area contributed by atoms with Gasteiger partial charge in [0.05, 0.1) is 6.04 Å². The number of carbonyl (C=O) groups is 1. The van der Waals surface area contributed by atoms with E-state index in [-0.39, 0.29) is 11.6 Å². The van der Waals surface area contributed by atoms with Crippen LogP contribution in [0.3, 0.4) is 0 Å². The van der Waals surface area contributed by atoms with Gasteiger partial charge < -0.3 is 20.5 Å². The van der Waals surface area contributed by atoms with Gasteiger partial charge in [-0.15, -0.1) is 0 Å². The number of rotatable bonds is 3. The number of ether oxygens (including phenoxy) is 1. The van der Waals surface area contributed by atoms with Gasteiger partial charge >= 0.3 is 6.09 Å². The third-order valence-electron chi connectivity index (χ3n) is 2.68. The summed E-state index contributed by atoms with van der Waals surface area (Å²) < 4.78 is 5.37. The summed E-state index contributed by atoms with van der Waals surface area (Å²) in [5.41, 5.74) is -0.377. The summed E-state index contributed by atoms with van der Waals surface area (Å²) in [7, 11) is 1.62. The van der Waals surface area contributed by atoms with Gasteiger partial charge in [0.2, 0.25) is 0 Å². The van der Waals surface area contributed by atoms with E-state index in [1.54, 1.807) is 7.11 Å². The third kappa shape index (κ3) is 2.10. The topological polar surface area (TPSA) is 70.6 Å². The van der Waals surface area contributed by atoms with Crippen LogP contribution in [0, 0.1) is 0 Å². The Bertz CT molecular complexity index is 190. The molecule has 0 radical (unpaired) electrons. The lowest BCUT2D eigenvalue weighted by atomic mass is 9.94. The van der Waals surface area contributed by atoms with E-state index < -0.39 is 6.09 Å². The van der Waals surface area contributed by atoms with Crippen molar-refractivity contribution in [2.75, 3.05) is 20.2 Å². The molecule has 1 saturated heterocycles. The number of hydrogen-bond donors (Lipinski definition) is 3. The molecule has 0 aromatic carbocycles. The second kappa shape index (κ2) is 3.93. The number of nitrogens with one attached hydrogen (secondary N) is 2. The largest absolute Gasteiger partial charge is 0.465 e. The van der Waals surface area contributed by atoms with Gasteiger partial charge in [-0.3, -0.25) is 0 Å². The molecule has 0 aromatic rings. The smallest absolute Gasteiger partial charge is 0.404 e. The first-order valence-electron chi connectivity index (χ1n) is 4.36. The quantitative estimate of drug-likeness (QED) is 0.584. The Balaban J connectivity index is 2.59. The summed E-state index contributed by atoms with van der Waals surface area (Å²) >= 11 is 0. The maximum atomic E-state index is 10.4. The van der Waals surface area contributed by atoms with Crippen LogP contribution in [0.1, 0.15) is 13.3 Å². The molecule has 1 fully saturated rings. The summed E-state index contributed by atoms with van der Waals surface area (Å²) in [5.74, 6) is 0. The Morgan fingerprint density at radius 1 is 1.77 bits per heavy atom. The zero-order valence-electron chi connectivity index (χ0n) is 7.96. The van der Waals surface area contributed by atoms with Gasteiger partial charge in [0.1, 0.15) is 5.60 Å². The van der Waals surface area contributed by atoms with E-state index in [2.05, 4.69) is 10.6 Å². The highest BCUT2D eigenvalue weighted by atomic mass is 16.5. The van der Waals surface area contributed by atoms with E-state index >= 15 is 0 Å². The monoisotopic (exact) mass is 188 g/mol. The minimum atomic E-state index is -1.00. The second-order valence-electron chi connectivity index (χ2n) is 3.37. The van der Waals surface area contributed by atoms with Crippen molar-refractivity contribution in [3.8, 4) is 0 Å². The molecule has 5 heteroatoms. The van der Waals surface area contributed by atoms with E-state index in [0.29, 0.717) is 6.54 Å². The van der Waals surface area contributed by atoms with Crippen LogP contribution >= 0.6 is 0 Å². The standard InChI is InChI=1S/C8H16N2O3/c1-6(10-7(11)12)8(13-2)3-4-9-5-8/h6,9-10H,3-5H2,1-2H3,(H,11,12). The van der Waals surface area contributed by atoms with Crippen LogP contribution in [-0.2, 0) is 4.74 Å². The lowest BCUT2D eigenvalue weighted by Gasteiger charge is -2.32. The molecule has 0 spiro atoms. The fourth-order valence-corrected chi connectivity index (χ4v) is 1.73. The fourth-order valence-electron chi connectivity index (χ4n) is 1.73. The van der Waals surface area contributed by atoms with E-state index in [4.69, 9.17) is 9.84 Å². The average Bonchev–Trinajstić information content (AvgIpc) is 2.51. The highest BCUT2D eigenvalue weighted by molar-refractivity contribution is 5.65. The van der Waals surface area contributed by atoms with Crippen molar-refractivity contribution in [3.63, 3.8) is 0 Å². The summed E-state index contributed by atoms with van der Waals surface area (Å²) in [5, 5.41) is 14.2. The van der Waals surface area contributed by atoms with E-state index in [1.165, 1.54) is 0 Å². The minimum absolute atomic E-state index is 0.190. The SMILES string of the molecule is COC1(C(C)NC(=O)O)CCNC1. The molecular weight excluding hydrogens is 172 g/mol. The maximum absolute atomic E-state index is 10.4. The first-order chi connectivity index (χ1) is 6.10. The van der Waals surface area contributed by atoms with Crippen molar-refractivity contribution in [2.45, 2.75) is 25.0 Å². The van der Waals surface area contributed by atoms with Crippen molar-refractivity contribution >= 4 is 6.09 Å². The molecule has 13 heavy (non-hydrogen) atoms. The van der Waals surface area contributed by atoms with Crippen molar-refractivity contribution < 1.29 is 14.6 Å². The summed E-state index contributed by atoms with van der Waals surface area (Å²) in [6.45, 7) is 3.40. The Hall–Kier alpha value is -0.810. The maximum Gasteiger partial charge on any atom is 0.404 e. The molecule has 0 saturated carbocycles. The van der Waals surface area contributed by atoms with Gasteiger partial charge in [0.15, 0.2) is 0 Å². The Labute approximate surface area is 77.5 Å². The molecule has 5 nitrogen and oxygen atoms in total. The van der Waals surface area contributed by atoms with E-state index in [9.17, 15) is 4.79 Å². The molecule has 1 heterocycles. The molecular formula is C8H16N2O3. The number of methoxy groups -OCH3 is 1. The molecule has 2 unspecified atom stereocenters. The predicted octanol–water partition coefficient (Wildman–Crippen LogP) is 0.0210. The van der Waals surface area contributed by atoms with Crippen LogP contribution in [0.25, 0.3) is 0 Å². The lowest BCUT2D eigenvalue weighted by molar-refractivity contribution is -0.0182. The molecule has 1 rings (SSSR count). The molecule has 1 amide bonds.